The molecule has 0 spiro atoms. The number of anilines is 1. The molecule has 0 amide bonds. The first kappa shape index (κ1) is 11.3. The topological polar surface area (TPSA) is 39.9 Å². The lowest BCUT2D eigenvalue weighted by Crippen LogP contribution is -2.43. The van der Waals surface area contributed by atoms with E-state index in [2.05, 4.69) is 29.8 Å². The molecule has 1 fully saturated rings. The number of pyridine rings is 1. The molecular formula is C12H15N3S. The molecule has 0 unspecified atom stereocenters. The fraction of sp³-hybridized carbons (Fsp3) is 0.500. The number of thioether (sulfide) groups is 1. The van der Waals surface area contributed by atoms with Crippen molar-refractivity contribution in [2.24, 2.45) is 0 Å². The van der Waals surface area contributed by atoms with Crippen molar-refractivity contribution in [2.75, 3.05) is 23.7 Å². The van der Waals surface area contributed by atoms with Crippen LogP contribution in [-0.2, 0) is 0 Å². The molecule has 0 N–H and O–H groups in total. The number of nitrogens with zero attached hydrogens (tertiary/aromatic N) is 3. The van der Waals surface area contributed by atoms with Gasteiger partial charge >= 0.3 is 0 Å². The number of nitriles is 1. The predicted molar refractivity (Wildman–Crippen MR) is 67.7 cm³/mol. The summed E-state index contributed by atoms with van der Waals surface area (Å²) in [6.07, 6.45) is 1.71. The lowest BCUT2D eigenvalue weighted by Gasteiger charge is -2.38. The van der Waals surface area contributed by atoms with Crippen molar-refractivity contribution in [1.82, 2.24) is 4.98 Å². The number of hydrogen-bond donors (Lipinski definition) is 0. The van der Waals surface area contributed by atoms with E-state index in [9.17, 15) is 0 Å². The van der Waals surface area contributed by atoms with Gasteiger partial charge in [0.15, 0.2) is 0 Å². The van der Waals surface area contributed by atoms with Crippen molar-refractivity contribution in [3.63, 3.8) is 0 Å². The highest BCUT2D eigenvalue weighted by atomic mass is 32.2. The summed E-state index contributed by atoms with van der Waals surface area (Å²) in [7, 11) is 0. The summed E-state index contributed by atoms with van der Waals surface area (Å²) in [6.45, 7) is 6.49. The van der Waals surface area contributed by atoms with Gasteiger partial charge in [-0.15, -0.1) is 0 Å². The summed E-state index contributed by atoms with van der Waals surface area (Å²) in [5, 5.41) is 8.86. The molecule has 0 saturated carbocycles. The smallest absolute Gasteiger partial charge is 0.129 e. The van der Waals surface area contributed by atoms with Crippen molar-refractivity contribution in [3.05, 3.63) is 23.9 Å². The van der Waals surface area contributed by atoms with E-state index in [1.165, 1.54) is 0 Å². The summed E-state index contributed by atoms with van der Waals surface area (Å²) in [5.41, 5.74) is 0.682. The predicted octanol–water partition coefficient (Wildman–Crippen LogP) is 2.29. The van der Waals surface area contributed by atoms with E-state index >= 15 is 0 Å². The second-order valence-electron chi connectivity index (χ2n) is 4.54. The molecule has 4 heteroatoms. The maximum Gasteiger partial charge on any atom is 0.129 e. The maximum absolute atomic E-state index is 8.86. The largest absolute Gasteiger partial charge is 0.354 e. The highest BCUT2D eigenvalue weighted by molar-refractivity contribution is 8.00. The maximum atomic E-state index is 8.86. The van der Waals surface area contributed by atoms with Gasteiger partial charge in [0.25, 0.3) is 0 Å². The van der Waals surface area contributed by atoms with Gasteiger partial charge in [0, 0.05) is 29.8 Å². The van der Waals surface area contributed by atoms with Crippen LogP contribution in [0.4, 0.5) is 5.82 Å². The summed E-state index contributed by atoms with van der Waals surface area (Å²) in [4.78, 5) is 6.60. The van der Waals surface area contributed by atoms with Crippen LogP contribution in [-0.4, -0.2) is 28.6 Å². The monoisotopic (exact) mass is 233 g/mol. The van der Waals surface area contributed by atoms with E-state index in [0.29, 0.717) is 5.56 Å². The molecule has 84 valence electrons. The molecule has 0 radical (unpaired) electrons. The Balaban J connectivity index is 2.21. The first-order valence-electron chi connectivity index (χ1n) is 5.36. The zero-order valence-corrected chi connectivity index (χ0v) is 10.4. The third-order valence-corrected chi connectivity index (χ3v) is 3.92. The third kappa shape index (κ3) is 2.48. The first-order valence-corrected chi connectivity index (χ1v) is 6.34. The Hall–Kier alpha value is -1.21. The highest BCUT2D eigenvalue weighted by Gasteiger charge is 2.27. The van der Waals surface area contributed by atoms with Crippen molar-refractivity contribution in [3.8, 4) is 6.07 Å². The van der Waals surface area contributed by atoms with Crippen LogP contribution in [0.1, 0.15) is 19.4 Å². The second-order valence-corrected chi connectivity index (χ2v) is 6.35. The molecule has 1 saturated heterocycles. The van der Waals surface area contributed by atoms with E-state index in [-0.39, 0.29) is 4.75 Å². The van der Waals surface area contributed by atoms with Crippen molar-refractivity contribution in [1.29, 1.82) is 5.26 Å². The van der Waals surface area contributed by atoms with Crippen LogP contribution in [0.2, 0.25) is 0 Å². The molecule has 1 aliphatic heterocycles. The number of hydrogen-bond acceptors (Lipinski definition) is 4. The summed E-state index contributed by atoms with van der Waals surface area (Å²) >= 11 is 1.99. The quantitative estimate of drug-likeness (QED) is 0.746. The first-order chi connectivity index (χ1) is 7.61. The van der Waals surface area contributed by atoms with Gasteiger partial charge in [-0.2, -0.15) is 17.0 Å². The molecule has 3 nitrogen and oxygen atoms in total. The Morgan fingerprint density at radius 1 is 1.56 bits per heavy atom. The molecule has 2 heterocycles. The van der Waals surface area contributed by atoms with Crippen LogP contribution in [0.5, 0.6) is 0 Å². The minimum absolute atomic E-state index is 0.266. The molecule has 1 aromatic heterocycles. The summed E-state index contributed by atoms with van der Waals surface area (Å²) in [6, 6.07) is 5.77. The van der Waals surface area contributed by atoms with Gasteiger partial charge in [-0.05, 0) is 26.0 Å². The average molecular weight is 233 g/mol. The molecule has 0 atom stereocenters. The Bertz CT molecular complexity index is 423. The molecular weight excluding hydrogens is 218 g/mol. The van der Waals surface area contributed by atoms with Crippen LogP contribution < -0.4 is 4.90 Å². The van der Waals surface area contributed by atoms with E-state index < -0.39 is 0 Å². The van der Waals surface area contributed by atoms with Crippen LogP contribution >= 0.6 is 11.8 Å². The van der Waals surface area contributed by atoms with Crippen molar-refractivity contribution >= 4 is 17.6 Å². The molecule has 16 heavy (non-hydrogen) atoms. The van der Waals surface area contributed by atoms with E-state index in [0.717, 1.165) is 24.7 Å². The fourth-order valence-corrected chi connectivity index (χ4v) is 2.98. The highest BCUT2D eigenvalue weighted by Crippen LogP contribution is 2.31. The van der Waals surface area contributed by atoms with Gasteiger partial charge in [0.2, 0.25) is 0 Å². The second kappa shape index (κ2) is 4.34. The molecule has 0 aliphatic carbocycles. The minimum Gasteiger partial charge on any atom is -0.354 e. The Morgan fingerprint density at radius 3 is 3.06 bits per heavy atom. The van der Waals surface area contributed by atoms with Crippen molar-refractivity contribution < 1.29 is 0 Å². The molecule has 2 rings (SSSR count). The normalized spacial score (nSPS) is 19.2. The number of rotatable bonds is 1. The van der Waals surface area contributed by atoms with Crippen LogP contribution in [0.25, 0.3) is 0 Å². The van der Waals surface area contributed by atoms with Gasteiger partial charge < -0.3 is 4.90 Å². The Kier molecular flexibility index (Phi) is 3.06. The zero-order valence-electron chi connectivity index (χ0n) is 9.60. The molecule has 1 aliphatic rings. The zero-order chi connectivity index (χ0) is 11.6. The molecule has 0 aromatic carbocycles. The fourth-order valence-electron chi connectivity index (χ4n) is 1.87. The summed E-state index contributed by atoms with van der Waals surface area (Å²) in [5.74, 6) is 2.04. The summed E-state index contributed by atoms with van der Waals surface area (Å²) < 4.78 is 0.266. The van der Waals surface area contributed by atoms with Gasteiger partial charge in [-0.25, -0.2) is 4.98 Å². The Labute approximate surface area is 100 Å². The minimum atomic E-state index is 0.266. The van der Waals surface area contributed by atoms with E-state index in [1.54, 1.807) is 12.3 Å². The molecule has 0 bridgehead atoms. The Morgan fingerprint density at radius 2 is 2.38 bits per heavy atom. The lowest BCUT2D eigenvalue weighted by molar-refractivity contribution is 0.642. The van der Waals surface area contributed by atoms with Crippen molar-refractivity contribution in [2.45, 2.75) is 18.6 Å². The third-order valence-electron chi connectivity index (χ3n) is 2.62. The number of aromatic nitrogens is 1. The standard InChI is InChI=1S/C12H15N3S/c1-12(2)9-15(5-6-16-12)11-7-10(8-13)3-4-14-11/h3-4,7H,5-6,9H2,1-2H3. The van der Waals surface area contributed by atoms with Gasteiger partial charge in [-0.1, -0.05) is 0 Å². The van der Waals surface area contributed by atoms with Gasteiger partial charge in [0.1, 0.15) is 5.82 Å². The van der Waals surface area contributed by atoms with E-state index in [1.807, 2.05) is 17.8 Å². The molecule has 1 aromatic rings. The van der Waals surface area contributed by atoms with E-state index in [4.69, 9.17) is 5.26 Å². The van der Waals surface area contributed by atoms with Gasteiger partial charge in [0.05, 0.1) is 11.6 Å². The van der Waals surface area contributed by atoms with Crippen LogP contribution in [0.15, 0.2) is 18.3 Å². The van der Waals surface area contributed by atoms with Gasteiger partial charge in [-0.3, -0.25) is 0 Å². The lowest BCUT2D eigenvalue weighted by atomic mass is 10.2. The average Bonchev–Trinajstić information content (AvgIpc) is 2.28. The SMILES string of the molecule is CC1(C)CN(c2cc(C#N)ccn2)CCS1. The van der Waals surface area contributed by atoms with Crippen LogP contribution in [0, 0.1) is 11.3 Å². The van der Waals surface area contributed by atoms with Crippen LogP contribution in [0.3, 0.4) is 0 Å².